The maximum Gasteiger partial charge on any atom is 0.244 e. The number of amides is 1. The highest BCUT2D eigenvalue weighted by Gasteiger charge is 2.40. The smallest absolute Gasteiger partial charge is 0.244 e. The molecule has 2 saturated heterocycles. The molecule has 2 aliphatic rings. The summed E-state index contributed by atoms with van der Waals surface area (Å²) in [6.45, 7) is 3.58. The van der Waals surface area contributed by atoms with E-state index in [4.69, 9.17) is 11.6 Å². The van der Waals surface area contributed by atoms with Crippen molar-refractivity contribution < 1.29 is 9.18 Å². The Balaban J connectivity index is 0.00000169. The molecule has 1 atom stereocenters. The average Bonchev–Trinajstić information content (AvgIpc) is 2.99. The number of nitrogens with zero attached hydrogens (tertiary/aromatic N) is 2. The Labute approximate surface area is 172 Å². The summed E-state index contributed by atoms with van der Waals surface area (Å²) in [4.78, 5) is 16.7. The van der Waals surface area contributed by atoms with Crippen molar-refractivity contribution in [3.8, 4) is 0 Å². The minimum Gasteiger partial charge on any atom is -0.341 e. The molecule has 2 heterocycles. The van der Waals surface area contributed by atoms with Crippen molar-refractivity contribution >= 4 is 42.3 Å². The molecule has 148 valence electrons. The molecule has 0 bridgehead atoms. The summed E-state index contributed by atoms with van der Waals surface area (Å²) in [6, 6.07) is 3.88. The van der Waals surface area contributed by atoms with Crippen LogP contribution in [-0.2, 0) is 4.79 Å². The highest BCUT2D eigenvalue weighted by atomic mass is 35.5. The van der Waals surface area contributed by atoms with Crippen LogP contribution in [-0.4, -0.2) is 56.0 Å². The van der Waals surface area contributed by atoms with E-state index in [0.717, 1.165) is 39.0 Å². The van der Waals surface area contributed by atoms with E-state index in [-0.39, 0.29) is 36.3 Å². The average molecular weight is 427 g/mol. The van der Waals surface area contributed by atoms with E-state index in [2.05, 4.69) is 5.32 Å². The predicted molar refractivity (Wildman–Crippen MR) is 108 cm³/mol. The summed E-state index contributed by atoms with van der Waals surface area (Å²) < 4.78 is 14.3. The van der Waals surface area contributed by atoms with Gasteiger partial charge in [-0.05, 0) is 57.5 Å². The number of hydrogen-bond donors (Lipinski definition) is 1. The molecule has 2 fully saturated rings. The van der Waals surface area contributed by atoms with Gasteiger partial charge in [-0.1, -0.05) is 17.7 Å². The van der Waals surface area contributed by atoms with Gasteiger partial charge in [-0.3, -0.25) is 9.69 Å². The molecular weight excluding hydrogens is 400 g/mol. The lowest BCUT2D eigenvalue weighted by Crippen LogP contribution is -2.48. The van der Waals surface area contributed by atoms with E-state index in [9.17, 15) is 9.18 Å². The fraction of sp³-hybridized carbons (Fsp3) is 0.611. The number of halogens is 4. The lowest BCUT2D eigenvalue weighted by molar-refractivity contribution is -0.138. The molecule has 1 aromatic carbocycles. The van der Waals surface area contributed by atoms with Crippen molar-refractivity contribution in [1.82, 2.24) is 15.1 Å². The van der Waals surface area contributed by atoms with Gasteiger partial charge >= 0.3 is 0 Å². The lowest BCUT2D eigenvalue weighted by atomic mass is 9.77. The highest BCUT2D eigenvalue weighted by molar-refractivity contribution is 6.31. The molecule has 1 amide bonds. The first-order chi connectivity index (χ1) is 11.4. The number of hydrogen-bond acceptors (Lipinski definition) is 3. The van der Waals surface area contributed by atoms with Crippen LogP contribution in [0, 0.1) is 11.2 Å². The fourth-order valence-electron chi connectivity index (χ4n) is 3.97. The minimum absolute atomic E-state index is 0. The van der Waals surface area contributed by atoms with Crippen LogP contribution in [0.25, 0.3) is 0 Å². The van der Waals surface area contributed by atoms with Crippen LogP contribution >= 0.6 is 36.4 Å². The monoisotopic (exact) mass is 425 g/mol. The molecule has 1 aromatic rings. The van der Waals surface area contributed by atoms with Crippen LogP contribution in [0.2, 0.25) is 5.02 Å². The summed E-state index contributed by atoms with van der Waals surface area (Å²) in [5, 5.41) is 3.73. The highest BCUT2D eigenvalue weighted by Crippen LogP contribution is 2.38. The number of benzene rings is 1. The molecule has 3 rings (SSSR count). The van der Waals surface area contributed by atoms with Gasteiger partial charge in [-0.25, -0.2) is 4.39 Å². The van der Waals surface area contributed by atoms with Gasteiger partial charge in [0.15, 0.2) is 0 Å². The largest absolute Gasteiger partial charge is 0.341 e. The van der Waals surface area contributed by atoms with E-state index in [1.807, 2.05) is 4.90 Å². The summed E-state index contributed by atoms with van der Waals surface area (Å²) in [7, 11) is 3.58. The Morgan fingerprint density at radius 1 is 1.27 bits per heavy atom. The second-order valence-electron chi connectivity index (χ2n) is 7.25. The molecule has 2 aliphatic heterocycles. The zero-order chi connectivity index (χ0) is 17.3. The Morgan fingerprint density at radius 2 is 1.92 bits per heavy atom. The quantitative estimate of drug-likeness (QED) is 0.803. The molecular formula is C18H27Cl3FN3O. The van der Waals surface area contributed by atoms with E-state index >= 15 is 0 Å². The normalized spacial score (nSPS) is 19.8. The number of carbonyl (C=O) groups is 1. The maximum absolute atomic E-state index is 14.3. The molecule has 1 unspecified atom stereocenters. The van der Waals surface area contributed by atoms with Crippen molar-refractivity contribution in [1.29, 1.82) is 0 Å². The Hall–Kier alpha value is -0.590. The van der Waals surface area contributed by atoms with Gasteiger partial charge in [0.25, 0.3) is 0 Å². The van der Waals surface area contributed by atoms with Crippen molar-refractivity contribution in [2.24, 2.45) is 5.41 Å². The Kier molecular flexibility index (Phi) is 8.62. The van der Waals surface area contributed by atoms with E-state index in [1.54, 1.807) is 31.1 Å². The molecule has 1 spiro atoms. The van der Waals surface area contributed by atoms with Crippen LogP contribution in [0.1, 0.15) is 30.9 Å². The topological polar surface area (TPSA) is 35.6 Å². The van der Waals surface area contributed by atoms with Gasteiger partial charge in [-0.15, -0.1) is 24.8 Å². The van der Waals surface area contributed by atoms with Crippen molar-refractivity contribution in [3.63, 3.8) is 0 Å². The fourth-order valence-corrected chi connectivity index (χ4v) is 4.24. The van der Waals surface area contributed by atoms with Gasteiger partial charge in [0.05, 0.1) is 0 Å². The summed E-state index contributed by atoms with van der Waals surface area (Å²) in [6.07, 6.45) is 3.21. The number of piperidine rings is 1. The molecule has 26 heavy (non-hydrogen) atoms. The van der Waals surface area contributed by atoms with Gasteiger partial charge < -0.3 is 10.2 Å². The van der Waals surface area contributed by atoms with Crippen LogP contribution in [0.4, 0.5) is 4.39 Å². The zero-order valence-electron chi connectivity index (χ0n) is 15.1. The SMILES string of the molecule is CN(C)C(C(=O)N1CCC2(CCNC2)CC1)c1c(F)cccc1Cl.Cl.Cl. The second kappa shape index (κ2) is 9.56. The van der Waals surface area contributed by atoms with Gasteiger partial charge in [-0.2, -0.15) is 0 Å². The molecule has 0 saturated carbocycles. The number of likely N-dealkylation sites (N-methyl/N-ethyl adjacent to an activating group) is 1. The molecule has 0 aromatic heterocycles. The number of nitrogens with one attached hydrogen (secondary N) is 1. The first-order valence-corrected chi connectivity index (χ1v) is 8.91. The van der Waals surface area contributed by atoms with E-state index in [0.29, 0.717) is 10.4 Å². The second-order valence-corrected chi connectivity index (χ2v) is 7.66. The van der Waals surface area contributed by atoms with Gasteiger partial charge in [0, 0.05) is 30.2 Å². The third-order valence-electron chi connectivity index (χ3n) is 5.49. The van der Waals surface area contributed by atoms with Gasteiger partial charge in [0.1, 0.15) is 11.9 Å². The molecule has 8 heteroatoms. The van der Waals surface area contributed by atoms with Crippen LogP contribution in [0.15, 0.2) is 18.2 Å². The third kappa shape index (κ3) is 4.63. The number of carbonyl (C=O) groups excluding carboxylic acids is 1. The zero-order valence-corrected chi connectivity index (χ0v) is 17.5. The molecule has 4 nitrogen and oxygen atoms in total. The number of rotatable bonds is 3. The molecule has 0 aliphatic carbocycles. The molecule has 1 N–H and O–H groups in total. The van der Waals surface area contributed by atoms with E-state index in [1.165, 1.54) is 12.5 Å². The maximum atomic E-state index is 14.3. The lowest BCUT2D eigenvalue weighted by Gasteiger charge is -2.41. The molecule has 0 radical (unpaired) electrons. The summed E-state index contributed by atoms with van der Waals surface area (Å²) >= 11 is 6.20. The summed E-state index contributed by atoms with van der Waals surface area (Å²) in [5.41, 5.74) is 0.622. The first kappa shape index (κ1) is 23.4. The third-order valence-corrected chi connectivity index (χ3v) is 5.82. The minimum atomic E-state index is -0.686. The van der Waals surface area contributed by atoms with E-state index < -0.39 is 11.9 Å². The van der Waals surface area contributed by atoms with Gasteiger partial charge in [0.2, 0.25) is 5.91 Å². The van der Waals surface area contributed by atoms with Crippen molar-refractivity contribution in [3.05, 3.63) is 34.6 Å². The predicted octanol–water partition coefficient (Wildman–Crippen LogP) is 3.53. The Bertz CT molecular complexity index is 593. The first-order valence-electron chi connectivity index (χ1n) is 8.53. The van der Waals surface area contributed by atoms with Crippen molar-refractivity contribution in [2.75, 3.05) is 40.3 Å². The Morgan fingerprint density at radius 3 is 2.42 bits per heavy atom. The number of likely N-dealkylation sites (tertiary alicyclic amines) is 1. The standard InChI is InChI=1S/C18H25ClFN3O.2ClH/c1-22(2)16(15-13(19)4-3-5-14(15)20)17(24)23-10-7-18(8-11-23)6-9-21-12-18;;/h3-5,16,21H,6-12H2,1-2H3;2*1H. The van der Waals surface area contributed by atoms with Crippen LogP contribution < -0.4 is 5.32 Å². The van der Waals surface area contributed by atoms with Crippen LogP contribution in [0.3, 0.4) is 0 Å². The van der Waals surface area contributed by atoms with Crippen molar-refractivity contribution in [2.45, 2.75) is 25.3 Å². The summed E-state index contributed by atoms with van der Waals surface area (Å²) in [5.74, 6) is -0.490. The van der Waals surface area contributed by atoms with Crippen LogP contribution in [0.5, 0.6) is 0 Å².